The van der Waals surface area contributed by atoms with E-state index >= 15 is 0 Å². The molecule has 0 N–H and O–H groups in total. The van der Waals surface area contributed by atoms with Crippen LogP contribution in [0.3, 0.4) is 0 Å². The first-order valence-corrected chi connectivity index (χ1v) is 10.7. The molecule has 0 atom stereocenters. The number of thiazole rings is 1. The van der Waals surface area contributed by atoms with Crippen molar-refractivity contribution < 1.29 is 4.74 Å². The fourth-order valence-corrected chi connectivity index (χ4v) is 4.05. The lowest BCUT2D eigenvalue weighted by molar-refractivity contribution is 0.306. The van der Waals surface area contributed by atoms with Crippen LogP contribution in [0.5, 0.6) is 5.75 Å². The summed E-state index contributed by atoms with van der Waals surface area (Å²) in [7, 11) is 0. The number of unbranched alkanes of at least 4 members (excludes halogenated alkanes) is 2. The van der Waals surface area contributed by atoms with Crippen molar-refractivity contribution >= 4 is 34.0 Å². The molecule has 4 aromatic rings. The molecule has 7 heteroatoms. The highest BCUT2D eigenvalue weighted by Crippen LogP contribution is 2.21. The highest BCUT2D eigenvalue weighted by molar-refractivity contribution is 7.15. The van der Waals surface area contributed by atoms with E-state index in [-0.39, 0.29) is 5.56 Å². The highest BCUT2D eigenvalue weighted by Gasteiger charge is 2.12. The Labute approximate surface area is 177 Å². The molecule has 0 unspecified atom stereocenters. The van der Waals surface area contributed by atoms with Gasteiger partial charge in [-0.2, -0.15) is 9.50 Å². The zero-order chi connectivity index (χ0) is 20.2. The summed E-state index contributed by atoms with van der Waals surface area (Å²) < 4.78 is 7.66. The minimum atomic E-state index is -0.181. The minimum absolute atomic E-state index is 0.181. The molecule has 0 saturated carbocycles. The van der Waals surface area contributed by atoms with Gasteiger partial charge in [0.15, 0.2) is 5.82 Å². The van der Waals surface area contributed by atoms with Gasteiger partial charge < -0.3 is 4.74 Å². The third-order valence-electron chi connectivity index (χ3n) is 4.46. The summed E-state index contributed by atoms with van der Waals surface area (Å²) in [5.74, 6) is 1.36. The Balaban J connectivity index is 1.56. The van der Waals surface area contributed by atoms with Crippen LogP contribution in [-0.2, 0) is 0 Å². The maximum atomic E-state index is 12.7. The standard InChI is InChI=1S/C22H20ClN3O2S/c1-2-3-4-12-28-18-10-8-16(9-11-18)20-24-22-26(25-20)21(27)19(29-22)14-15-6-5-7-17(23)13-15/h5-11,13-14H,2-4,12H2,1H3/b19-14-. The molecular formula is C22H20ClN3O2S. The summed E-state index contributed by atoms with van der Waals surface area (Å²) in [5, 5.41) is 5.03. The van der Waals surface area contributed by atoms with Crippen molar-refractivity contribution in [3.63, 3.8) is 0 Å². The summed E-state index contributed by atoms with van der Waals surface area (Å²) in [6.45, 7) is 2.89. The zero-order valence-corrected chi connectivity index (χ0v) is 17.5. The van der Waals surface area contributed by atoms with Crippen LogP contribution in [0.25, 0.3) is 22.4 Å². The number of ether oxygens (including phenoxy) is 1. The van der Waals surface area contributed by atoms with Gasteiger partial charge in [0.1, 0.15) is 5.75 Å². The summed E-state index contributed by atoms with van der Waals surface area (Å²) in [6.07, 6.45) is 5.20. The van der Waals surface area contributed by atoms with Crippen molar-refractivity contribution in [3.05, 3.63) is 74.0 Å². The number of halogens is 1. The van der Waals surface area contributed by atoms with Gasteiger partial charge in [0.05, 0.1) is 11.1 Å². The van der Waals surface area contributed by atoms with Crippen LogP contribution in [0, 0.1) is 0 Å². The van der Waals surface area contributed by atoms with Gasteiger partial charge in [-0.15, -0.1) is 5.10 Å². The SMILES string of the molecule is CCCCCOc1ccc(-c2nc3s/c(=C\c4cccc(Cl)c4)c(=O)n3n2)cc1. The normalized spacial score (nSPS) is 12.0. The van der Waals surface area contributed by atoms with Crippen LogP contribution in [0.1, 0.15) is 31.7 Å². The number of aromatic nitrogens is 3. The van der Waals surface area contributed by atoms with E-state index in [1.165, 1.54) is 28.7 Å². The molecule has 148 valence electrons. The van der Waals surface area contributed by atoms with Gasteiger partial charge in [0, 0.05) is 10.6 Å². The molecule has 4 rings (SSSR count). The molecule has 0 aliphatic rings. The Morgan fingerprint density at radius 2 is 2.00 bits per heavy atom. The van der Waals surface area contributed by atoms with Gasteiger partial charge in [-0.3, -0.25) is 4.79 Å². The predicted molar refractivity (Wildman–Crippen MR) is 118 cm³/mol. The number of hydrogen-bond donors (Lipinski definition) is 0. The van der Waals surface area contributed by atoms with Gasteiger partial charge in [0.25, 0.3) is 5.56 Å². The van der Waals surface area contributed by atoms with E-state index in [0.29, 0.717) is 20.3 Å². The van der Waals surface area contributed by atoms with E-state index < -0.39 is 0 Å². The smallest absolute Gasteiger partial charge is 0.291 e. The quantitative estimate of drug-likeness (QED) is 0.406. The lowest BCUT2D eigenvalue weighted by atomic mass is 10.2. The first-order chi connectivity index (χ1) is 14.1. The van der Waals surface area contributed by atoms with E-state index in [9.17, 15) is 4.79 Å². The van der Waals surface area contributed by atoms with Crippen molar-refractivity contribution in [1.82, 2.24) is 14.6 Å². The number of rotatable bonds is 7. The fraction of sp³-hybridized carbons (Fsp3) is 0.227. The molecule has 29 heavy (non-hydrogen) atoms. The van der Waals surface area contributed by atoms with E-state index in [1.54, 1.807) is 12.1 Å². The summed E-state index contributed by atoms with van der Waals surface area (Å²) in [6, 6.07) is 15.0. The van der Waals surface area contributed by atoms with Gasteiger partial charge in [-0.1, -0.05) is 54.8 Å². The fourth-order valence-electron chi connectivity index (χ4n) is 2.95. The van der Waals surface area contributed by atoms with Crippen molar-refractivity contribution in [1.29, 1.82) is 0 Å². The monoisotopic (exact) mass is 425 g/mol. The lowest BCUT2D eigenvalue weighted by Crippen LogP contribution is -2.23. The molecule has 0 spiro atoms. The van der Waals surface area contributed by atoms with Gasteiger partial charge in [0.2, 0.25) is 4.96 Å². The molecule has 2 aromatic carbocycles. The van der Waals surface area contributed by atoms with Crippen LogP contribution in [0.15, 0.2) is 53.3 Å². The Bertz CT molecular complexity index is 1230. The average Bonchev–Trinajstić information content (AvgIpc) is 3.26. The van der Waals surface area contributed by atoms with Crippen LogP contribution in [0.2, 0.25) is 5.02 Å². The maximum absolute atomic E-state index is 12.7. The second-order valence-corrected chi connectivity index (χ2v) is 8.13. The van der Waals surface area contributed by atoms with Crippen molar-refractivity contribution in [2.75, 3.05) is 6.61 Å². The molecule has 0 aliphatic heterocycles. The third kappa shape index (κ3) is 4.49. The minimum Gasteiger partial charge on any atom is -0.494 e. The molecular weight excluding hydrogens is 406 g/mol. The molecule has 5 nitrogen and oxygen atoms in total. The predicted octanol–water partition coefficient (Wildman–Crippen LogP) is 4.59. The Hall–Kier alpha value is -2.70. The summed E-state index contributed by atoms with van der Waals surface area (Å²) in [4.78, 5) is 17.8. The van der Waals surface area contributed by atoms with Gasteiger partial charge in [-0.25, -0.2) is 0 Å². The zero-order valence-electron chi connectivity index (χ0n) is 16.0. The van der Waals surface area contributed by atoms with Gasteiger partial charge >= 0.3 is 0 Å². The molecule has 0 fully saturated rings. The highest BCUT2D eigenvalue weighted by atomic mass is 35.5. The van der Waals surface area contributed by atoms with E-state index in [4.69, 9.17) is 16.3 Å². The molecule has 2 heterocycles. The summed E-state index contributed by atoms with van der Waals surface area (Å²) >= 11 is 7.33. The van der Waals surface area contributed by atoms with Crippen LogP contribution < -0.4 is 14.8 Å². The topological polar surface area (TPSA) is 56.5 Å². The van der Waals surface area contributed by atoms with Crippen LogP contribution >= 0.6 is 22.9 Å². The van der Waals surface area contributed by atoms with Crippen molar-refractivity contribution in [2.24, 2.45) is 0 Å². The maximum Gasteiger partial charge on any atom is 0.291 e. The average molecular weight is 426 g/mol. The lowest BCUT2D eigenvalue weighted by Gasteiger charge is -2.05. The van der Waals surface area contributed by atoms with Gasteiger partial charge in [-0.05, 0) is 54.5 Å². The van der Waals surface area contributed by atoms with E-state index in [1.807, 2.05) is 42.5 Å². The number of nitrogens with zero attached hydrogens (tertiary/aromatic N) is 3. The van der Waals surface area contributed by atoms with E-state index in [0.717, 1.165) is 29.9 Å². The Kier molecular flexibility index (Phi) is 5.92. The molecule has 0 saturated heterocycles. The largest absolute Gasteiger partial charge is 0.494 e. The second-order valence-electron chi connectivity index (χ2n) is 6.68. The number of fused-ring (bicyclic) bond motifs is 1. The van der Waals surface area contributed by atoms with Crippen molar-refractivity contribution in [3.8, 4) is 17.1 Å². The first-order valence-electron chi connectivity index (χ1n) is 9.54. The molecule has 0 amide bonds. The first kappa shape index (κ1) is 19.6. The molecule has 2 aromatic heterocycles. The van der Waals surface area contributed by atoms with Crippen molar-refractivity contribution in [2.45, 2.75) is 26.2 Å². The second kappa shape index (κ2) is 8.76. The Morgan fingerprint density at radius 3 is 2.72 bits per heavy atom. The molecule has 0 aliphatic carbocycles. The van der Waals surface area contributed by atoms with E-state index in [2.05, 4.69) is 17.0 Å². The molecule has 0 radical (unpaired) electrons. The van der Waals surface area contributed by atoms with Crippen LogP contribution in [-0.4, -0.2) is 21.2 Å². The number of hydrogen-bond acceptors (Lipinski definition) is 5. The molecule has 0 bridgehead atoms. The number of benzene rings is 2. The third-order valence-corrected chi connectivity index (χ3v) is 5.65. The van der Waals surface area contributed by atoms with Crippen LogP contribution in [0.4, 0.5) is 0 Å². The summed E-state index contributed by atoms with van der Waals surface area (Å²) in [5.41, 5.74) is 1.54. The Morgan fingerprint density at radius 1 is 1.17 bits per heavy atom.